The second-order valence-corrected chi connectivity index (χ2v) is 5.09. The van der Waals surface area contributed by atoms with Gasteiger partial charge < -0.3 is 15.7 Å². The molecule has 2 atom stereocenters. The quantitative estimate of drug-likeness (QED) is 0.719. The number of amides is 1. The van der Waals surface area contributed by atoms with E-state index in [2.05, 4.69) is 15.6 Å². The van der Waals surface area contributed by atoms with Crippen LogP contribution in [0.25, 0.3) is 0 Å². The number of carboxylic acid groups (broad SMARTS) is 1. The molecule has 0 aromatic heterocycles. The van der Waals surface area contributed by atoms with Crippen LogP contribution in [0.2, 0.25) is 0 Å². The van der Waals surface area contributed by atoms with Crippen molar-refractivity contribution in [2.24, 2.45) is 4.99 Å². The highest BCUT2D eigenvalue weighted by Gasteiger charge is 2.37. The normalized spacial score (nSPS) is 25.4. The standard InChI is InChI=1S/C14H18N4O2/c1-9-13(18(14(19)20)7-6-15-9)12-10-4-2-3-5-11(10)16-8-17-12/h2-5,9,13,15-16H,6-8H2,1H3,(H,19,20). The first kappa shape index (κ1) is 12.9. The molecule has 1 aromatic carbocycles. The maximum absolute atomic E-state index is 11.5. The lowest BCUT2D eigenvalue weighted by Crippen LogP contribution is -2.61. The van der Waals surface area contributed by atoms with Crippen molar-refractivity contribution in [1.82, 2.24) is 10.2 Å². The Hall–Kier alpha value is -2.08. The number of fused-ring (bicyclic) bond motifs is 1. The fourth-order valence-corrected chi connectivity index (χ4v) is 2.94. The molecule has 20 heavy (non-hydrogen) atoms. The summed E-state index contributed by atoms with van der Waals surface area (Å²) in [6.45, 7) is 3.66. The van der Waals surface area contributed by atoms with E-state index in [1.54, 1.807) is 0 Å². The van der Waals surface area contributed by atoms with Crippen LogP contribution in [0.3, 0.4) is 0 Å². The SMILES string of the molecule is CC1NCCN(C(=O)O)C1C1=NCNc2ccccc21. The van der Waals surface area contributed by atoms with Gasteiger partial charge >= 0.3 is 6.09 Å². The second-order valence-electron chi connectivity index (χ2n) is 5.09. The van der Waals surface area contributed by atoms with Crippen LogP contribution in [0.15, 0.2) is 29.3 Å². The van der Waals surface area contributed by atoms with E-state index in [0.29, 0.717) is 19.8 Å². The van der Waals surface area contributed by atoms with Gasteiger partial charge in [-0.15, -0.1) is 0 Å². The zero-order chi connectivity index (χ0) is 14.1. The predicted octanol–water partition coefficient (Wildman–Crippen LogP) is 1.20. The molecule has 0 radical (unpaired) electrons. The molecule has 6 nitrogen and oxygen atoms in total. The van der Waals surface area contributed by atoms with Crippen LogP contribution < -0.4 is 10.6 Å². The minimum absolute atomic E-state index is 0.0461. The Balaban J connectivity index is 2.01. The Bertz CT molecular complexity index is 558. The molecule has 1 amide bonds. The molecule has 3 N–H and O–H groups in total. The molecule has 1 fully saturated rings. The molecule has 0 aliphatic carbocycles. The highest BCUT2D eigenvalue weighted by molar-refractivity contribution is 6.10. The molecule has 106 valence electrons. The first-order valence-electron chi connectivity index (χ1n) is 6.79. The monoisotopic (exact) mass is 274 g/mol. The Morgan fingerprint density at radius 2 is 2.25 bits per heavy atom. The third-order valence-electron chi connectivity index (χ3n) is 3.88. The minimum Gasteiger partial charge on any atom is -0.465 e. The van der Waals surface area contributed by atoms with Crippen LogP contribution >= 0.6 is 0 Å². The fraction of sp³-hybridized carbons (Fsp3) is 0.429. The summed E-state index contributed by atoms with van der Waals surface area (Å²) < 4.78 is 0. The summed E-state index contributed by atoms with van der Waals surface area (Å²) in [4.78, 5) is 17.5. The number of para-hydroxylation sites is 1. The average molecular weight is 274 g/mol. The molecule has 0 bridgehead atoms. The summed E-state index contributed by atoms with van der Waals surface area (Å²) in [6.07, 6.45) is -0.887. The smallest absolute Gasteiger partial charge is 0.407 e. The highest BCUT2D eigenvalue weighted by Crippen LogP contribution is 2.25. The first-order valence-corrected chi connectivity index (χ1v) is 6.79. The Labute approximate surface area is 117 Å². The molecule has 6 heteroatoms. The van der Waals surface area contributed by atoms with Gasteiger partial charge in [0.2, 0.25) is 0 Å². The lowest BCUT2D eigenvalue weighted by atomic mass is 9.93. The maximum atomic E-state index is 11.5. The lowest BCUT2D eigenvalue weighted by Gasteiger charge is -2.40. The highest BCUT2D eigenvalue weighted by atomic mass is 16.4. The van der Waals surface area contributed by atoms with Crippen molar-refractivity contribution in [1.29, 1.82) is 0 Å². The number of aliphatic imine (C=N–C) groups is 1. The van der Waals surface area contributed by atoms with Crippen molar-refractivity contribution in [2.45, 2.75) is 19.0 Å². The van der Waals surface area contributed by atoms with Gasteiger partial charge in [0.15, 0.2) is 0 Å². The van der Waals surface area contributed by atoms with Crippen molar-refractivity contribution < 1.29 is 9.90 Å². The molecule has 0 spiro atoms. The van der Waals surface area contributed by atoms with Gasteiger partial charge in [-0.2, -0.15) is 0 Å². The summed E-state index contributed by atoms with van der Waals surface area (Å²) in [6, 6.07) is 7.70. The Morgan fingerprint density at radius 1 is 1.45 bits per heavy atom. The van der Waals surface area contributed by atoms with Gasteiger partial charge in [0.1, 0.15) is 6.67 Å². The summed E-state index contributed by atoms with van der Waals surface area (Å²) in [5.41, 5.74) is 2.85. The van der Waals surface area contributed by atoms with Crippen LogP contribution in [0.1, 0.15) is 12.5 Å². The van der Waals surface area contributed by atoms with Crippen molar-refractivity contribution in [3.05, 3.63) is 29.8 Å². The third kappa shape index (κ3) is 2.12. The van der Waals surface area contributed by atoms with E-state index >= 15 is 0 Å². The van der Waals surface area contributed by atoms with Crippen LogP contribution in [0.5, 0.6) is 0 Å². The minimum atomic E-state index is -0.887. The van der Waals surface area contributed by atoms with Crippen molar-refractivity contribution in [3.63, 3.8) is 0 Å². The predicted molar refractivity (Wildman–Crippen MR) is 77.5 cm³/mol. The molecular weight excluding hydrogens is 256 g/mol. The third-order valence-corrected chi connectivity index (χ3v) is 3.88. The van der Waals surface area contributed by atoms with Crippen molar-refractivity contribution >= 4 is 17.5 Å². The maximum Gasteiger partial charge on any atom is 0.407 e. The van der Waals surface area contributed by atoms with E-state index < -0.39 is 6.09 Å². The number of piperazine rings is 1. The van der Waals surface area contributed by atoms with E-state index in [1.807, 2.05) is 31.2 Å². The lowest BCUT2D eigenvalue weighted by molar-refractivity contribution is 0.117. The molecule has 0 saturated carbocycles. The number of hydrogen-bond acceptors (Lipinski definition) is 4. The number of carbonyl (C=O) groups is 1. The number of hydrogen-bond donors (Lipinski definition) is 3. The van der Waals surface area contributed by atoms with Crippen LogP contribution in [0, 0.1) is 0 Å². The van der Waals surface area contributed by atoms with Crippen molar-refractivity contribution in [3.8, 4) is 0 Å². The first-order chi connectivity index (χ1) is 9.68. The van der Waals surface area contributed by atoms with E-state index in [1.165, 1.54) is 4.90 Å². The van der Waals surface area contributed by atoms with Crippen LogP contribution in [0.4, 0.5) is 10.5 Å². The van der Waals surface area contributed by atoms with E-state index in [0.717, 1.165) is 17.0 Å². The summed E-state index contributed by atoms with van der Waals surface area (Å²) in [7, 11) is 0. The van der Waals surface area contributed by atoms with E-state index in [-0.39, 0.29) is 12.1 Å². The van der Waals surface area contributed by atoms with Crippen LogP contribution in [-0.2, 0) is 0 Å². The number of rotatable bonds is 1. The molecule has 2 unspecified atom stereocenters. The summed E-state index contributed by atoms with van der Waals surface area (Å²) >= 11 is 0. The topological polar surface area (TPSA) is 77.0 Å². The average Bonchev–Trinajstić information content (AvgIpc) is 2.46. The zero-order valence-electron chi connectivity index (χ0n) is 11.3. The molecule has 2 aliphatic rings. The van der Waals surface area contributed by atoms with Gasteiger partial charge in [-0.1, -0.05) is 18.2 Å². The van der Waals surface area contributed by atoms with E-state index in [4.69, 9.17) is 0 Å². The van der Waals surface area contributed by atoms with Crippen molar-refractivity contribution in [2.75, 3.05) is 25.1 Å². The summed E-state index contributed by atoms with van der Waals surface area (Å²) in [5.74, 6) is 0. The van der Waals surface area contributed by atoms with Gasteiger partial charge in [-0.05, 0) is 13.0 Å². The number of nitrogens with zero attached hydrogens (tertiary/aromatic N) is 2. The van der Waals surface area contributed by atoms with Gasteiger partial charge in [-0.3, -0.25) is 9.89 Å². The largest absolute Gasteiger partial charge is 0.465 e. The molecular formula is C14H18N4O2. The molecule has 1 aromatic rings. The number of benzene rings is 1. The Kier molecular flexibility index (Phi) is 3.31. The second kappa shape index (κ2) is 5.13. The number of anilines is 1. The van der Waals surface area contributed by atoms with Gasteiger partial charge in [-0.25, -0.2) is 4.79 Å². The van der Waals surface area contributed by atoms with Crippen LogP contribution in [-0.4, -0.2) is 53.7 Å². The molecule has 2 heterocycles. The van der Waals surface area contributed by atoms with E-state index in [9.17, 15) is 9.90 Å². The Morgan fingerprint density at radius 3 is 3.05 bits per heavy atom. The number of nitrogens with one attached hydrogen (secondary N) is 2. The summed E-state index contributed by atoms with van der Waals surface area (Å²) in [5, 5.41) is 16.0. The zero-order valence-corrected chi connectivity index (χ0v) is 11.3. The van der Waals surface area contributed by atoms with Gasteiger partial charge in [0, 0.05) is 30.4 Å². The van der Waals surface area contributed by atoms with Gasteiger partial charge in [0.25, 0.3) is 0 Å². The molecule has 1 saturated heterocycles. The molecule has 3 rings (SSSR count). The molecule has 2 aliphatic heterocycles. The fourth-order valence-electron chi connectivity index (χ4n) is 2.94. The van der Waals surface area contributed by atoms with Gasteiger partial charge in [0.05, 0.1) is 11.8 Å².